The third-order valence-corrected chi connectivity index (χ3v) is 5.41. The Morgan fingerprint density at radius 2 is 1.89 bits per heavy atom. The summed E-state index contributed by atoms with van der Waals surface area (Å²) in [6.45, 7) is 4.73. The van der Waals surface area contributed by atoms with Gasteiger partial charge in [-0.1, -0.05) is 12.6 Å². The van der Waals surface area contributed by atoms with Gasteiger partial charge in [0.1, 0.15) is 34.4 Å². The number of amides is 2. The molecular formula is C26H23N5O4. The van der Waals surface area contributed by atoms with Crippen LogP contribution in [0.4, 0.5) is 5.82 Å². The van der Waals surface area contributed by atoms with Gasteiger partial charge in [0.15, 0.2) is 0 Å². The van der Waals surface area contributed by atoms with E-state index in [0.29, 0.717) is 41.7 Å². The number of carbonyl (C=O) groups is 2. The number of anilines is 1. The quantitative estimate of drug-likeness (QED) is 0.483. The number of ether oxygens (including phenoxy) is 2. The van der Waals surface area contributed by atoms with E-state index in [0.717, 1.165) is 6.42 Å². The van der Waals surface area contributed by atoms with Crippen molar-refractivity contribution in [1.82, 2.24) is 10.3 Å². The highest BCUT2D eigenvalue weighted by molar-refractivity contribution is 5.95. The smallest absolute Gasteiger partial charge is 0.254 e. The highest BCUT2D eigenvalue weighted by atomic mass is 16.5. The zero-order chi connectivity index (χ0) is 24.8. The lowest BCUT2D eigenvalue weighted by Gasteiger charge is -2.19. The van der Waals surface area contributed by atoms with E-state index in [1.807, 2.05) is 4.90 Å². The molecule has 0 saturated carbocycles. The number of nitrogens with two attached hydrogens (primary N) is 1. The van der Waals surface area contributed by atoms with E-state index in [-0.39, 0.29) is 23.3 Å². The van der Waals surface area contributed by atoms with E-state index < -0.39 is 5.91 Å². The van der Waals surface area contributed by atoms with Crippen LogP contribution in [0.15, 0.2) is 73.4 Å². The third-order valence-electron chi connectivity index (χ3n) is 5.41. The second kappa shape index (κ2) is 10.4. The standard InChI is InChI=1S/C26H23N5O4/c1-2-25(32)30-18-10-11-31(16-18)24-13-23(22(15-29-24)26(28)33)35-20-8-6-19(7-9-20)34-21-5-3-4-17(12-21)14-27/h2-9,12-13,15,18H,1,10-11,16H2,(H2,28,33)(H,30,32). The Hall–Kier alpha value is -4.84. The van der Waals surface area contributed by atoms with Gasteiger partial charge in [-0.15, -0.1) is 0 Å². The predicted octanol–water partition coefficient (Wildman–Crippen LogP) is 3.52. The van der Waals surface area contributed by atoms with Gasteiger partial charge in [-0.25, -0.2) is 4.98 Å². The van der Waals surface area contributed by atoms with Crippen molar-refractivity contribution in [2.24, 2.45) is 5.73 Å². The molecule has 3 N–H and O–H groups in total. The van der Waals surface area contributed by atoms with Crippen LogP contribution in [0.2, 0.25) is 0 Å². The zero-order valence-corrected chi connectivity index (χ0v) is 18.8. The van der Waals surface area contributed by atoms with Crippen LogP contribution in [0.3, 0.4) is 0 Å². The second-order valence-corrected chi connectivity index (χ2v) is 7.86. The Labute approximate surface area is 202 Å². The van der Waals surface area contributed by atoms with Gasteiger partial charge < -0.3 is 25.4 Å². The Morgan fingerprint density at radius 3 is 2.57 bits per heavy atom. The molecule has 1 aromatic heterocycles. The number of rotatable bonds is 8. The van der Waals surface area contributed by atoms with Crippen molar-refractivity contribution in [3.05, 3.63) is 84.6 Å². The maximum Gasteiger partial charge on any atom is 0.254 e. The summed E-state index contributed by atoms with van der Waals surface area (Å²) in [5, 5.41) is 11.9. The number of benzene rings is 2. The van der Waals surface area contributed by atoms with Crippen LogP contribution in [0.5, 0.6) is 23.0 Å². The van der Waals surface area contributed by atoms with E-state index in [4.69, 9.17) is 20.5 Å². The van der Waals surface area contributed by atoms with E-state index >= 15 is 0 Å². The first-order chi connectivity index (χ1) is 16.9. The van der Waals surface area contributed by atoms with Gasteiger partial charge in [-0.2, -0.15) is 5.26 Å². The third kappa shape index (κ3) is 5.75. The van der Waals surface area contributed by atoms with Crippen LogP contribution in [0, 0.1) is 11.3 Å². The Kier molecular flexibility index (Phi) is 6.93. The van der Waals surface area contributed by atoms with Crippen molar-refractivity contribution < 1.29 is 19.1 Å². The highest BCUT2D eigenvalue weighted by Gasteiger charge is 2.25. The molecule has 35 heavy (non-hydrogen) atoms. The fourth-order valence-electron chi connectivity index (χ4n) is 3.68. The summed E-state index contributed by atoms with van der Waals surface area (Å²) in [5.41, 5.74) is 6.18. The van der Waals surface area contributed by atoms with E-state index in [2.05, 4.69) is 22.9 Å². The average Bonchev–Trinajstić information content (AvgIpc) is 3.33. The molecule has 0 radical (unpaired) electrons. The monoisotopic (exact) mass is 469 g/mol. The maximum atomic E-state index is 11.9. The molecule has 9 nitrogen and oxygen atoms in total. The Bertz CT molecular complexity index is 1300. The molecule has 1 aliphatic heterocycles. The minimum Gasteiger partial charge on any atom is -0.457 e. The lowest BCUT2D eigenvalue weighted by molar-refractivity contribution is -0.117. The number of hydrogen-bond donors (Lipinski definition) is 2. The number of nitrogens with zero attached hydrogens (tertiary/aromatic N) is 3. The highest BCUT2D eigenvalue weighted by Crippen LogP contribution is 2.31. The lowest BCUT2D eigenvalue weighted by atomic mass is 10.2. The molecule has 9 heteroatoms. The number of nitriles is 1. The minimum atomic E-state index is -0.658. The van der Waals surface area contributed by atoms with Crippen LogP contribution >= 0.6 is 0 Å². The first kappa shape index (κ1) is 23.3. The molecule has 3 aromatic rings. The number of aromatic nitrogens is 1. The van der Waals surface area contributed by atoms with Crippen molar-refractivity contribution in [2.45, 2.75) is 12.5 Å². The predicted molar refractivity (Wildman–Crippen MR) is 129 cm³/mol. The molecule has 0 aliphatic carbocycles. The SMILES string of the molecule is C=CC(=O)NC1CCN(c2cc(Oc3ccc(Oc4cccc(C#N)c4)cc3)c(C(N)=O)cn2)C1. The zero-order valence-electron chi connectivity index (χ0n) is 18.8. The summed E-state index contributed by atoms with van der Waals surface area (Å²) in [6, 6.07) is 17.4. The van der Waals surface area contributed by atoms with Gasteiger partial charge in [0.2, 0.25) is 5.91 Å². The molecule has 1 aliphatic rings. The molecule has 2 aromatic carbocycles. The summed E-state index contributed by atoms with van der Waals surface area (Å²) in [5.74, 6) is 1.58. The largest absolute Gasteiger partial charge is 0.457 e. The van der Waals surface area contributed by atoms with Crippen LogP contribution in [-0.4, -0.2) is 35.9 Å². The molecule has 1 fully saturated rings. The second-order valence-electron chi connectivity index (χ2n) is 7.86. The van der Waals surface area contributed by atoms with Crippen LogP contribution in [-0.2, 0) is 4.79 Å². The number of hydrogen-bond acceptors (Lipinski definition) is 7. The molecule has 1 saturated heterocycles. The summed E-state index contributed by atoms with van der Waals surface area (Å²) in [4.78, 5) is 29.9. The van der Waals surface area contributed by atoms with Gasteiger partial charge in [0, 0.05) is 31.4 Å². The Balaban J connectivity index is 1.49. The van der Waals surface area contributed by atoms with Crippen molar-refractivity contribution in [2.75, 3.05) is 18.0 Å². The molecule has 0 spiro atoms. The van der Waals surface area contributed by atoms with E-state index in [1.165, 1.54) is 12.3 Å². The van der Waals surface area contributed by atoms with Gasteiger partial charge in [0.25, 0.3) is 5.91 Å². The topological polar surface area (TPSA) is 131 Å². The number of pyridine rings is 1. The van der Waals surface area contributed by atoms with E-state index in [1.54, 1.807) is 54.6 Å². The summed E-state index contributed by atoms with van der Waals surface area (Å²) in [7, 11) is 0. The minimum absolute atomic E-state index is 0.0242. The van der Waals surface area contributed by atoms with Gasteiger partial charge in [-0.05, 0) is 55.0 Å². The van der Waals surface area contributed by atoms with Crippen LogP contribution < -0.4 is 25.4 Å². The van der Waals surface area contributed by atoms with E-state index in [9.17, 15) is 9.59 Å². The number of nitrogens with one attached hydrogen (secondary N) is 1. The fraction of sp³-hybridized carbons (Fsp3) is 0.154. The first-order valence-corrected chi connectivity index (χ1v) is 10.9. The molecule has 1 unspecified atom stereocenters. The lowest BCUT2D eigenvalue weighted by Crippen LogP contribution is -2.36. The summed E-state index contributed by atoms with van der Waals surface area (Å²) in [6.07, 6.45) is 3.39. The van der Waals surface area contributed by atoms with Gasteiger partial charge in [0.05, 0.1) is 11.6 Å². The molecule has 4 rings (SSSR count). The molecular weight excluding hydrogens is 446 g/mol. The molecule has 176 valence electrons. The summed E-state index contributed by atoms with van der Waals surface area (Å²) >= 11 is 0. The average molecular weight is 470 g/mol. The van der Waals surface area contributed by atoms with Crippen molar-refractivity contribution >= 4 is 17.6 Å². The summed E-state index contributed by atoms with van der Waals surface area (Å²) < 4.78 is 11.8. The molecule has 2 amide bonds. The van der Waals surface area contributed by atoms with Crippen LogP contribution in [0.25, 0.3) is 0 Å². The fourth-order valence-corrected chi connectivity index (χ4v) is 3.68. The number of carbonyl (C=O) groups excluding carboxylic acids is 2. The van der Waals surface area contributed by atoms with Crippen molar-refractivity contribution in [1.29, 1.82) is 5.26 Å². The number of primary amides is 1. The Morgan fingerprint density at radius 1 is 1.14 bits per heavy atom. The first-order valence-electron chi connectivity index (χ1n) is 10.9. The van der Waals surface area contributed by atoms with Gasteiger partial charge in [-0.3, -0.25) is 9.59 Å². The molecule has 1 atom stereocenters. The van der Waals surface area contributed by atoms with Gasteiger partial charge >= 0.3 is 0 Å². The van der Waals surface area contributed by atoms with Crippen LogP contribution in [0.1, 0.15) is 22.3 Å². The molecule has 0 bridgehead atoms. The molecule has 2 heterocycles. The normalized spacial score (nSPS) is 14.6. The van der Waals surface area contributed by atoms with Crippen molar-refractivity contribution in [3.8, 4) is 29.1 Å². The van der Waals surface area contributed by atoms with Crippen molar-refractivity contribution in [3.63, 3.8) is 0 Å². The maximum absolute atomic E-state index is 11.9.